The fraction of sp³-hybridized carbons (Fsp3) is 0.167. The minimum Gasteiger partial charge on any atom is -0.494 e. The molecule has 3 rings (SSSR count). The molecule has 2 N–H and O–H groups in total. The van der Waals surface area contributed by atoms with Crippen LogP contribution >= 0.6 is 0 Å². The summed E-state index contributed by atoms with van der Waals surface area (Å²) in [5.41, 5.74) is 1.66. The van der Waals surface area contributed by atoms with Crippen LogP contribution in [0.3, 0.4) is 0 Å². The van der Waals surface area contributed by atoms with Gasteiger partial charge in [-0.15, -0.1) is 0 Å². The summed E-state index contributed by atoms with van der Waals surface area (Å²) in [5.74, 6) is -0.230. The molecule has 1 unspecified atom stereocenters. The van der Waals surface area contributed by atoms with Crippen molar-refractivity contribution < 1.29 is 19.2 Å². The number of nitrogens with zero attached hydrogens (tertiary/aromatic N) is 1. The van der Waals surface area contributed by atoms with Gasteiger partial charge in [0.15, 0.2) is 0 Å². The third kappa shape index (κ3) is 5.91. The zero-order valence-corrected chi connectivity index (χ0v) is 17.5. The highest BCUT2D eigenvalue weighted by Crippen LogP contribution is 2.24. The molecule has 0 radical (unpaired) electrons. The van der Waals surface area contributed by atoms with Crippen LogP contribution in [0.15, 0.2) is 78.9 Å². The van der Waals surface area contributed by atoms with Crippen LogP contribution in [-0.4, -0.2) is 29.9 Å². The minimum atomic E-state index is -0.579. The highest BCUT2D eigenvalue weighted by atomic mass is 16.6. The van der Waals surface area contributed by atoms with Gasteiger partial charge in [0.05, 0.1) is 24.1 Å². The lowest BCUT2D eigenvalue weighted by molar-refractivity contribution is -0.384. The number of nitro groups is 1. The van der Waals surface area contributed by atoms with Crippen LogP contribution in [0.1, 0.15) is 34.5 Å². The van der Waals surface area contributed by atoms with Gasteiger partial charge in [0.25, 0.3) is 11.6 Å². The van der Waals surface area contributed by atoms with Crippen LogP contribution in [0.25, 0.3) is 0 Å². The number of benzene rings is 3. The number of hydrogen-bond donors (Lipinski definition) is 2. The van der Waals surface area contributed by atoms with Crippen molar-refractivity contribution >= 4 is 17.5 Å². The van der Waals surface area contributed by atoms with E-state index in [4.69, 9.17) is 4.74 Å². The van der Waals surface area contributed by atoms with Crippen LogP contribution in [0.5, 0.6) is 5.75 Å². The molecule has 0 bridgehead atoms. The first-order chi connectivity index (χ1) is 15.5. The van der Waals surface area contributed by atoms with Gasteiger partial charge >= 0.3 is 0 Å². The number of nitrogens with one attached hydrogen (secondary N) is 2. The summed E-state index contributed by atoms with van der Waals surface area (Å²) in [6.45, 7) is 2.19. The van der Waals surface area contributed by atoms with Gasteiger partial charge in [-0.05, 0) is 36.2 Å². The average molecular weight is 433 g/mol. The second-order valence-electron chi connectivity index (χ2n) is 6.90. The van der Waals surface area contributed by atoms with Crippen molar-refractivity contribution in [3.63, 3.8) is 0 Å². The molecule has 2 amide bonds. The summed E-state index contributed by atoms with van der Waals surface area (Å²) in [6.07, 6.45) is 0. The molecular formula is C24H23N3O5. The summed E-state index contributed by atoms with van der Waals surface area (Å²) in [7, 11) is 0. The molecule has 3 aromatic carbocycles. The van der Waals surface area contributed by atoms with Gasteiger partial charge in [0.2, 0.25) is 5.91 Å². The van der Waals surface area contributed by atoms with Gasteiger partial charge in [-0.3, -0.25) is 19.7 Å². The second-order valence-corrected chi connectivity index (χ2v) is 6.90. The van der Waals surface area contributed by atoms with E-state index in [0.717, 1.165) is 16.9 Å². The molecule has 0 aliphatic rings. The van der Waals surface area contributed by atoms with E-state index in [9.17, 15) is 19.7 Å². The van der Waals surface area contributed by atoms with Crippen LogP contribution in [0, 0.1) is 10.1 Å². The molecule has 164 valence electrons. The number of ether oxygens (including phenoxy) is 1. The fourth-order valence-corrected chi connectivity index (χ4v) is 3.16. The summed E-state index contributed by atoms with van der Waals surface area (Å²) in [6, 6.07) is 21.8. The lowest BCUT2D eigenvalue weighted by Gasteiger charge is -2.20. The van der Waals surface area contributed by atoms with Crippen molar-refractivity contribution in [3.8, 4) is 5.75 Å². The van der Waals surface area contributed by atoms with Gasteiger partial charge in [-0.25, -0.2) is 0 Å². The number of hydrogen-bond acceptors (Lipinski definition) is 5. The first kappa shape index (κ1) is 22.5. The Hall–Kier alpha value is -4.20. The number of carbonyl (C=O) groups excluding carboxylic acids is 2. The Morgan fingerprint density at radius 1 is 0.969 bits per heavy atom. The van der Waals surface area contributed by atoms with Gasteiger partial charge in [-0.1, -0.05) is 48.5 Å². The van der Waals surface area contributed by atoms with Crippen molar-refractivity contribution in [3.05, 3.63) is 106 Å². The largest absolute Gasteiger partial charge is 0.494 e. The monoisotopic (exact) mass is 433 g/mol. The molecule has 0 saturated carbocycles. The quantitative estimate of drug-likeness (QED) is 0.395. The third-order valence-electron chi connectivity index (χ3n) is 4.69. The molecule has 0 fully saturated rings. The lowest BCUT2D eigenvalue weighted by Crippen LogP contribution is -2.39. The summed E-state index contributed by atoms with van der Waals surface area (Å²) >= 11 is 0. The van der Waals surface area contributed by atoms with Crippen LogP contribution in [0.4, 0.5) is 5.69 Å². The highest BCUT2D eigenvalue weighted by molar-refractivity contribution is 5.97. The zero-order valence-electron chi connectivity index (χ0n) is 17.5. The first-order valence-corrected chi connectivity index (χ1v) is 10.1. The smallest absolute Gasteiger partial charge is 0.270 e. The fourth-order valence-electron chi connectivity index (χ4n) is 3.16. The Morgan fingerprint density at radius 2 is 1.66 bits per heavy atom. The van der Waals surface area contributed by atoms with Crippen molar-refractivity contribution in [1.82, 2.24) is 10.6 Å². The normalized spacial score (nSPS) is 11.3. The summed E-state index contributed by atoms with van der Waals surface area (Å²) < 4.78 is 5.48. The maximum atomic E-state index is 12.6. The Balaban J connectivity index is 1.69. The predicted octanol–water partition coefficient (Wildman–Crippen LogP) is 3.63. The van der Waals surface area contributed by atoms with E-state index >= 15 is 0 Å². The standard InChI is InChI=1S/C24H23N3O5/c1-2-32-21-13-11-18(12-14-21)23(17-7-4-3-5-8-17)26-22(28)16-25-24(29)19-9-6-10-20(15-19)27(30)31/h3-15,23H,2,16H2,1H3,(H,25,29)(H,26,28). The van der Waals surface area contributed by atoms with Crippen molar-refractivity contribution in [1.29, 1.82) is 0 Å². The average Bonchev–Trinajstić information content (AvgIpc) is 2.82. The molecule has 0 heterocycles. The molecule has 0 aromatic heterocycles. The Morgan fingerprint density at radius 3 is 2.31 bits per heavy atom. The highest BCUT2D eigenvalue weighted by Gasteiger charge is 2.18. The SMILES string of the molecule is CCOc1ccc(C(NC(=O)CNC(=O)c2cccc([N+](=O)[O-])c2)c2ccccc2)cc1. The van der Waals surface area contributed by atoms with E-state index in [2.05, 4.69) is 10.6 Å². The lowest BCUT2D eigenvalue weighted by atomic mass is 9.98. The molecule has 32 heavy (non-hydrogen) atoms. The van der Waals surface area contributed by atoms with E-state index in [1.807, 2.05) is 61.5 Å². The van der Waals surface area contributed by atoms with Crippen molar-refractivity contribution in [2.45, 2.75) is 13.0 Å². The zero-order chi connectivity index (χ0) is 22.9. The first-order valence-electron chi connectivity index (χ1n) is 10.1. The molecule has 1 atom stereocenters. The Labute approximate surface area is 185 Å². The van der Waals surface area contributed by atoms with Crippen molar-refractivity contribution in [2.75, 3.05) is 13.2 Å². The topological polar surface area (TPSA) is 111 Å². The maximum absolute atomic E-state index is 12.6. The minimum absolute atomic E-state index is 0.109. The number of non-ortho nitro benzene ring substituents is 1. The van der Waals surface area contributed by atoms with Crippen LogP contribution < -0.4 is 15.4 Å². The molecule has 0 saturated heterocycles. The van der Waals surface area contributed by atoms with Crippen molar-refractivity contribution in [2.24, 2.45) is 0 Å². The van der Waals surface area contributed by atoms with Gasteiger partial charge in [0, 0.05) is 17.7 Å². The van der Waals surface area contributed by atoms with Crippen LogP contribution in [-0.2, 0) is 4.79 Å². The maximum Gasteiger partial charge on any atom is 0.270 e. The Kier molecular flexibility index (Phi) is 7.53. The second kappa shape index (κ2) is 10.7. The number of nitro benzene ring substituents is 1. The molecule has 8 nitrogen and oxygen atoms in total. The third-order valence-corrected chi connectivity index (χ3v) is 4.69. The van der Waals surface area contributed by atoms with Crippen LogP contribution in [0.2, 0.25) is 0 Å². The molecule has 0 aliphatic carbocycles. The van der Waals surface area contributed by atoms with E-state index in [-0.39, 0.29) is 17.8 Å². The molecule has 0 aliphatic heterocycles. The molecule has 8 heteroatoms. The summed E-state index contributed by atoms with van der Waals surface area (Å²) in [5, 5.41) is 16.3. The van der Waals surface area contributed by atoms with E-state index in [1.54, 1.807) is 0 Å². The van der Waals surface area contributed by atoms with Gasteiger partial charge in [-0.2, -0.15) is 0 Å². The summed E-state index contributed by atoms with van der Waals surface area (Å²) in [4.78, 5) is 35.3. The number of amides is 2. The van der Waals surface area contributed by atoms with E-state index < -0.39 is 22.8 Å². The van der Waals surface area contributed by atoms with Gasteiger partial charge < -0.3 is 15.4 Å². The predicted molar refractivity (Wildman–Crippen MR) is 119 cm³/mol. The molecule has 3 aromatic rings. The molecular weight excluding hydrogens is 410 g/mol. The Bertz CT molecular complexity index is 1080. The number of rotatable bonds is 9. The van der Waals surface area contributed by atoms with E-state index in [1.165, 1.54) is 24.3 Å². The molecule has 0 spiro atoms. The van der Waals surface area contributed by atoms with E-state index in [0.29, 0.717) is 6.61 Å². The number of carbonyl (C=O) groups is 2. The van der Waals surface area contributed by atoms with Gasteiger partial charge in [0.1, 0.15) is 5.75 Å².